The van der Waals surface area contributed by atoms with Crippen molar-refractivity contribution < 1.29 is 19.0 Å². The van der Waals surface area contributed by atoms with Gasteiger partial charge in [-0.3, -0.25) is 4.79 Å². The van der Waals surface area contributed by atoms with E-state index in [2.05, 4.69) is 35.4 Å². The standard InChI is InChI=1S/C24H28N2O4/c1-3-16-7-4-8-17-20(14-26-23(16)17)19(13-22(27)25-11-6-12-28-2)18-9-5-10-21-24(18)30-15-29-21/h4-5,7-10,14,19,26H,3,6,11-13,15H2,1-2H3,(H,25,27)/t19-/m0/s1. The topological polar surface area (TPSA) is 72.6 Å². The maximum Gasteiger partial charge on any atom is 0.231 e. The van der Waals surface area contributed by atoms with Gasteiger partial charge in [-0.15, -0.1) is 0 Å². The number of aromatic amines is 1. The third-order valence-electron chi connectivity index (χ3n) is 5.63. The molecule has 4 rings (SSSR count). The molecule has 0 bridgehead atoms. The summed E-state index contributed by atoms with van der Waals surface area (Å²) < 4.78 is 16.4. The van der Waals surface area contributed by atoms with Gasteiger partial charge in [0.15, 0.2) is 11.5 Å². The number of para-hydroxylation sites is 2. The second-order valence-corrected chi connectivity index (χ2v) is 7.47. The fourth-order valence-corrected chi connectivity index (χ4v) is 4.14. The smallest absolute Gasteiger partial charge is 0.231 e. The van der Waals surface area contributed by atoms with Crippen molar-refractivity contribution in [2.24, 2.45) is 0 Å². The van der Waals surface area contributed by atoms with Gasteiger partial charge in [0.2, 0.25) is 12.7 Å². The Labute approximate surface area is 176 Å². The van der Waals surface area contributed by atoms with Crippen LogP contribution in [0.2, 0.25) is 0 Å². The van der Waals surface area contributed by atoms with E-state index in [1.807, 2.05) is 24.4 Å². The molecule has 0 spiro atoms. The largest absolute Gasteiger partial charge is 0.454 e. The summed E-state index contributed by atoms with van der Waals surface area (Å²) in [6.07, 6.45) is 4.09. The van der Waals surface area contributed by atoms with Crippen LogP contribution in [0.1, 0.15) is 42.4 Å². The van der Waals surface area contributed by atoms with Crippen molar-refractivity contribution in [2.45, 2.75) is 32.1 Å². The minimum absolute atomic E-state index is 0.00798. The van der Waals surface area contributed by atoms with Crippen LogP contribution in [0, 0.1) is 0 Å². The molecule has 0 radical (unpaired) electrons. The highest BCUT2D eigenvalue weighted by Crippen LogP contribution is 2.44. The van der Waals surface area contributed by atoms with E-state index in [1.165, 1.54) is 5.56 Å². The number of nitrogens with one attached hydrogen (secondary N) is 2. The van der Waals surface area contributed by atoms with Gasteiger partial charge in [0.1, 0.15) is 0 Å². The minimum atomic E-state index is -0.148. The number of rotatable bonds is 9. The van der Waals surface area contributed by atoms with Crippen LogP contribution >= 0.6 is 0 Å². The average molecular weight is 408 g/mol. The number of aryl methyl sites for hydroxylation is 1. The zero-order valence-corrected chi connectivity index (χ0v) is 17.5. The summed E-state index contributed by atoms with van der Waals surface area (Å²) in [5.41, 5.74) is 4.46. The number of benzene rings is 2. The average Bonchev–Trinajstić information content (AvgIpc) is 3.42. The molecule has 2 N–H and O–H groups in total. The summed E-state index contributed by atoms with van der Waals surface area (Å²) in [5, 5.41) is 4.16. The Morgan fingerprint density at radius 2 is 2.07 bits per heavy atom. The highest BCUT2D eigenvalue weighted by molar-refractivity contribution is 5.88. The molecule has 2 heterocycles. The normalized spacial score (nSPS) is 13.5. The molecule has 1 aliphatic heterocycles. The van der Waals surface area contributed by atoms with Gasteiger partial charge in [0.25, 0.3) is 0 Å². The fourth-order valence-electron chi connectivity index (χ4n) is 4.14. The molecule has 0 unspecified atom stereocenters. The lowest BCUT2D eigenvalue weighted by atomic mass is 9.86. The number of carbonyl (C=O) groups is 1. The van der Waals surface area contributed by atoms with Crippen molar-refractivity contribution in [2.75, 3.05) is 27.1 Å². The maximum atomic E-state index is 12.8. The molecule has 30 heavy (non-hydrogen) atoms. The van der Waals surface area contributed by atoms with Crippen LogP contribution in [-0.2, 0) is 16.0 Å². The SMILES string of the molecule is CCc1cccc2c([C@@H](CC(=O)NCCCOC)c3cccc4c3OCO4)c[nH]c12. The van der Waals surface area contributed by atoms with Crippen molar-refractivity contribution in [3.63, 3.8) is 0 Å². The molecule has 1 amide bonds. The highest BCUT2D eigenvalue weighted by atomic mass is 16.7. The van der Waals surface area contributed by atoms with Crippen LogP contribution in [0.25, 0.3) is 10.9 Å². The van der Waals surface area contributed by atoms with E-state index in [0.717, 1.165) is 46.4 Å². The van der Waals surface area contributed by atoms with E-state index in [-0.39, 0.29) is 18.6 Å². The number of methoxy groups -OCH3 is 1. The lowest BCUT2D eigenvalue weighted by molar-refractivity contribution is -0.121. The zero-order chi connectivity index (χ0) is 20.9. The molecule has 0 saturated heterocycles. The van der Waals surface area contributed by atoms with Crippen LogP contribution in [0.3, 0.4) is 0 Å². The number of aromatic nitrogens is 1. The summed E-state index contributed by atoms with van der Waals surface area (Å²) in [6.45, 7) is 3.58. The van der Waals surface area contributed by atoms with E-state index in [4.69, 9.17) is 14.2 Å². The number of carbonyl (C=O) groups excluding carboxylic acids is 1. The number of H-pyrrole nitrogens is 1. The minimum Gasteiger partial charge on any atom is -0.454 e. The predicted octanol–water partition coefficient (Wildman–Crippen LogP) is 4.13. The van der Waals surface area contributed by atoms with E-state index < -0.39 is 0 Å². The molecule has 1 atom stereocenters. The highest BCUT2D eigenvalue weighted by Gasteiger charge is 2.28. The first-order valence-electron chi connectivity index (χ1n) is 10.5. The first-order chi connectivity index (χ1) is 14.7. The monoisotopic (exact) mass is 408 g/mol. The van der Waals surface area contributed by atoms with E-state index in [1.54, 1.807) is 7.11 Å². The van der Waals surface area contributed by atoms with Gasteiger partial charge in [0, 0.05) is 55.3 Å². The number of fused-ring (bicyclic) bond motifs is 2. The number of ether oxygens (including phenoxy) is 3. The van der Waals surface area contributed by atoms with Gasteiger partial charge in [-0.2, -0.15) is 0 Å². The van der Waals surface area contributed by atoms with Gasteiger partial charge >= 0.3 is 0 Å². The Kier molecular flexibility index (Phi) is 6.23. The Hall–Kier alpha value is -2.99. The number of hydrogen-bond acceptors (Lipinski definition) is 4. The Morgan fingerprint density at radius 3 is 2.90 bits per heavy atom. The molecule has 3 aromatic rings. The second kappa shape index (κ2) is 9.22. The van der Waals surface area contributed by atoms with Crippen LogP contribution in [-0.4, -0.2) is 37.9 Å². The lowest BCUT2D eigenvalue weighted by Crippen LogP contribution is -2.27. The zero-order valence-electron chi connectivity index (χ0n) is 17.5. The quantitative estimate of drug-likeness (QED) is 0.522. The van der Waals surface area contributed by atoms with E-state index in [9.17, 15) is 4.79 Å². The fraction of sp³-hybridized carbons (Fsp3) is 0.375. The van der Waals surface area contributed by atoms with Crippen molar-refractivity contribution in [3.8, 4) is 11.5 Å². The molecule has 0 aliphatic carbocycles. The van der Waals surface area contributed by atoms with Crippen molar-refractivity contribution >= 4 is 16.8 Å². The summed E-state index contributed by atoms with van der Waals surface area (Å²) >= 11 is 0. The summed E-state index contributed by atoms with van der Waals surface area (Å²) in [4.78, 5) is 16.2. The molecule has 1 aromatic heterocycles. The first-order valence-corrected chi connectivity index (χ1v) is 10.5. The summed E-state index contributed by atoms with van der Waals surface area (Å²) in [5.74, 6) is 1.32. The van der Waals surface area contributed by atoms with Crippen molar-refractivity contribution in [1.29, 1.82) is 0 Å². The van der Waals surface area contributed by atoms with Crippen molar-refractivity contribution in [3.05, 3.63) is 59.3 Å². The first kappa shape index (κ1) is 20.3. The van der Waals surface area contributed by atoms with E-state index >= 15 is 0 Å². The van der Waals surface area contributed by atoms with Gasteiger partial charge in [0.05, 0.1) is 0 Å². The van der Waals surface area contributed by atoms with Crippen LogP contribution in [0.15, 0.2) is 42.6 Å². The molecule has 2 aromatic carbocycles. The van der Waals surface area contributed by atoms with Crippen LogP contribution in [0.4, 0.5) is 0 Å². The molecule has 0 saturated carbocycles. The maximum absolute atomic E-state index is 12.8. The molecular formula is C24H28N2O4. The number of amides is 1. The summed E-state index contributed by atoms with van der Waals surface area (Å²) in [7, 11) is 1.66. The Bertz CT molecular complexity index is 1030. The van der Waals surface area contributed by atoms with Gasteiger partial charge in [-0.1, -0.05) is 37.3 Å². The molecule has 6 nitrogen and oxygen atoms in total. The van der Waals surface area contributed by atoms with Crippen molar-refractivity contribution in [1.82, 2.24) is 10.3 Å². The van der Waals surface area contributed by atoms with Gasteiger partial charge < -0.3 is 24.5 Å². The molecule has 0 fully saturated rings. The molecule has 158 valence electrons. The Balaban J connectivity index is 1.70. The van der Waals surface area contributed by atoms with Gasteiger partial charge in [-0.05, 0) is 30.0 Å². The third kappa shape index (κ3) is 4.00. The van der Waals surface area contributed by atoms with Crippen LogP contribution in [0.5, 0.6) is 11.5 Å². The molecule has 1 aliphatic rings. The van der Waals surface area contributed by atoms with Crippen LogP contribution < -0.4 is 14.8 Å². The Morgan fingerprint density at radius 1 is 1.20 bits per heavy atom. The second-order valence-electron chi connectivity index (χ2n) is 7.47. The lowest BCUT2D eigenvalue weighted by Gasteiger charge is -2.19. The number of hydrogen-bond donors (Lipinski definition) is 2. The molecule has 6 heteroatoms. The summed E-state index contributed by atoms with van der Waals surface area (Å²) in [6, 6.07) is 12.2. The predicted molar refractivity (Wildman–Crippen MR) is 116 cm³/mol. The van der Waals surface area contributed by atoms with E-state index in [0.29, 0.717) is 19.6 Å². The van der Waals surface area contributed by atoms with Gasteiger partial charge in [-0.25, -0.2) is 0 Å². The third-order valence-corrected chi connectivity index (χ3v) is 5.63. The molecular weight excluding hydrogens is 380 g/mol.